The van der Waals surface area contributed by atoms with E-state index in [0.29, 0.717) is 5.02 Å². The van der Waals surface area contributed by atoms with E-state index in [9.17, 15) is 9.59 Å². The molecule has 1 aliphatic heterocycles. The second-order valence-electron chi connectivity index (χ2n) is 7.57. The first-order valence-corrected chi connectivity index (χ1v) is 10.5. The summed E-state index contributed by atoms with van der Waals surface area (Å²) in [5.41, 5.74) is 3.14. The molecule has 2 aromatic carbocycles. The molecule has 2 N–H and O–H groups in total. The topological polar surface area (TPSA) is 69.6 Å². The number of carboxylic acid groups (broad SMARTS) is 1. The number of carbonyl (C=O) groups is 2. The van der Waals surface area contributed by atoms with Crippen molar-refractivity contribution in [3.8, 4) is 0 Å². The van der Waals surface area contributed by atoms with E-state index in [-0.39, 0.29) is 23.9 Å². The number of hydrogen-bond donors (Lipinski definition) is 2. The molecule has 1 atom stereocenters. The second kappa shape index (κ2) is 9.79. The van der Waals surface area contributed by atoms with Gasteiger partial charge in [0.1, 0.15) is 0 Å². The molecule has 6 heteroatoms. The summed E-state index contributed by atoms with van der Waals surface area (Å²) < 4.78 is 0. The summed E-state index contributed by atoms with van der Waals surface area (Å²) in [5.74, 6) is -1.08. The maximum absolute atomic E-state index is 12.6. The molecule has 0 spiro atoms. The molecule has 0 aliphatic carbocycles. The molecule has 3 rings (SSSR count). The lowest BCUT2D eigenvalue weighted by Gasteiger charge is -2.28. The van der Waals surface area contributed by atoms with E-state index in [4.69, 9.17) is 16.7 Å². The van der Waals surface area contributed by atoms with E-state index in [2.05, 4.69) is 16.3 Å². The average molecular weight is 415 g/mol. The minimum absolute atomic E-state index is 0.109. The number of nitrogens with zero attached hydrogens (tertiary/aromatic N) is 1. The van der Waals surface area contributed by atoms with Crippen molar-refractivity contribution >= 4 is 29.2 Å². The van der Waals surface area contributed by atoms with Gasteiger partial charge < -0.3 is 15.3 Å². The van der Waals surface area contributed by atoms with Gasteiger partial charge in [-0.05, 0) is 61.2 Å². The molecule has 5 nitrogen and oxygen atoms in total. The van der Waals surface area contributed by atoms with E-state index in [1.165, 1.54) is 37.8 Å². The molecular formula is C23H27ClN2O3. The Kier molecular flexibility index (Phi) is 7.15. The number of aromatic carboxylic acids is 1. The fourth-order valence-corrected chi connectivity index (χ4v) is 3.97. The van der Waals surface area contributed by atoms with Gasteiger partial charge >= 0.3 is 5.97 Å². The van der Waals surface area contributed by atoms with Crippen molar-refractivity contribution in [2.45, 2.75) is 45.1 Å². The lowest BCUT2D eigenvalue weighted by molar-refractivity contribution is -0.121. The molecule has 2 aromatic rings. The van der Waals surface area contributed by atoms with Crippen LogP contribution in [-0.4, -0.2) is 30.1 Å². The molecule has 1 amide bonds. The van der Waals surface area contributed by atoms with Crippen molar-refractivity contribution in [2.75, 3.05) is 18.0 Å². The van der Waals surface area contributed by atoms with Crippen LogP contribution in [0.5, 0.6) is 0 Å². The number of carbonyl (C=O) groups excluding carboxylic acids is 1. The number of rotatable bonds is 6. The van der Waals surface area contributed by atoms with Crippen LogP contribution >= 0.6 is 11.6 Å². The molecule has 0 saturated carbocycles. The molecule has 1 heterocycles. The van der Waals surface area contributed by atoms with Gasteiger partial charge in [0.2, 0.25) is 5.91 Å². The summed E-state index contributed by atoms with van der Waals surface area (Å²) in [7, 11) is 0. The molecule has 29 heavy (non-hydrogen) atoms. The quantitative estimate of drug-likeness (QED) is 0.709. The number of amides is 1. The van der Waals surface area contributed by atoms with Crippen LogP contribution in [0.4, 0.5) is 5.69 Å². The van der Waals surface area contributed by atoms with Gasteiger partial charge in [-0.2, -0.15) is 0 Å². The molecule has 1 saturated heterocycles. The van der Waals surface area contributed by atoms with Crippen molar-refractivity contribution in [3.05, 3.63) is 64.2 Å². The number of carboxylic acids is 1. The Morgan fingerprint density at radius 1 is 1.07 bits per heavy atom. The third kappa shape index (κ3) is 5.73. The Labute approximate surface area is 176 Å². The van der Waals surface area contributed by atoms with Gasteiger partial charge in [0, 0.05) is 23.8 Å². The van der Waals surface area contributed by atoms with Gasteiger partial charge in [-0.15, -0.1) is 0 Å². The fourth-order valence-electron chi connectivity index (χ4n) is 3.79. The Hall–Kier alpha value is -2.53. The van der Waals surface area contributed by atoms with Gasteiger partial charge in [-0.1, -0.05) is 36.6 Å². The van der Waals surface area contributed by atoms with Crippen molar-refractivity contribution in [1.82, 2.24) is 5.32 Å². The van der Waals surface area contributed by atoms with Crippen LogP contribution in [-0.2, 0) is 11.2 Å². The molecule has 0 aromatic heterocycles. The summed E-state index contributed by atoms with van der Waals surface area (Å²) >= 11 is 6.26. The Bertz CT molecular complexity index is 859. The van der Waals surface area contributed by atoms with Crippen LogP contribution in [0.3, 0.4) is 0 Å². The third-order valence-corrected chi connectivity index (χ3v) is 5.58. The first kappa shape index (κ1) is 21.2. The van der Waals surface area contributed by atoms with Crippen LogP contribution in [0, 0.1) is 0 Å². The lowest BCUT2D eigenvalue weighted by Crippen LogP contribution is -2.31. The predicted octanol–water partition coefficient (Wildman–Crippen LogP) is 4.84. The Balaban J connectivity index is 1.70. The summed E-state index contributed by atoms with van der Waals surface area (Å²) in [5, 5.41) is 12.7. The van der Waals surface area contributed by atoms with Crippen LogP contribution < -0.4 is 10.2 Å². The number of anilines is 1. The van der Waals surface area contributed by atoms with E-state index in [1.807, 2.05) is 19.1 Å². The normalized spacial score (nSPS) is 15.4. The number of halogens is 1. The maximum atomic E-state index is 12.6. The highest BCUT2D eigenvalue weighted by molar-refractivity contribution is 6.30. The zero-order valence-corrected chi connectivity index (χ0v) is 17.4. The SMILES string of the molecule is CC(NC(=O)Cc1ccc(C(=O)O)cc1)c1cc(Cl)ccc1N1CCCCCC1. The highest BCUT2D eigenvalue weighted by Crippen LogP contribution is 2.31. The Morgan fingerprint density at radius 2 is 1.72 bits per heavy atom. The van der Waals surface area contributed by atoms with Gasteiger partial charge in [0.25, 0.3) is 0 Å². The van der Waals surface area contributed by atoms with Crippen molar-refractivity contribution in [1.29, 1.82) is 0 Å². The molecule has 1 unspecified atom stereocenters. The molecule has 154 valence electrons. The first-order chi connectivity index (χ1) is 13.9. The number of nitrogens with one attached hydrogen (secondary N) is 1. The summed E-state index contributed by atoms with van der Waals surface area (Å²) in [6.07, 6.45) is 5.06. The average Bonchev–Trinajstić information content (AvgIpc) is 2.97. The first-order valence-electron chi connectivity index (χ1n) is 10.1. The zero-order valence-electron chi connectivity index (χ0n) is 16.7. The molecule has 1 fully saturated rings. The van der Waals surface area contributed by atoms with Crippen LogP contribution in [0.1, 0.15) is 60.1 Å². The van der Waals surface area contributed by atoms with E-state index in [0.717, 1.165) is 29.9 Å². The van der Waals surface area contributed by atoms with Crippen LogP contribution in [0.2, 0.25) is 5.02 Å². The molecular weight excluding hydrogens is 388 g/mol. The third-order valence-electron chi connectivity index (χ3n) is 5.35. The maximum Gasteiger partial charge on any atom is 0.335 e. The zero-order chi connectivity index (χ0) is 20.8. The second-order valence-corrected chi connectivity index (χ2v) is 8.01. The van der Waals surface area contributed by atoms with Crippen molar-refractivity contribution in [3.63, 3.8) is 0 Å². The monoisotopic (exact) mass is 414 g/mol. The molecule has 0 bridgehead atoms. The summed E-state index contributed by atoms with van der Waals surface area (Å²) in [6, 6.07) is 12.1. The smallest absolute Gasteiger partial charge is 0.335 e. The molecule has 1 aliphatic rings. The van der Waals surface area contributed by atoms with Gasteiger partial charge in [0.05, 0.1) is 18.0 Å². The Morgan fingerprint density at radius 3 is 2.34 bits per heavy atom. The minimum atomic E-state index is -0.975. The highest BCUT2D eigenvalue weighted by Gasteiger charge is 2.19. The lowest BCUT2D eigenvalue weighted by atomic mass is 10.0. The summed E-state index contributed by atoms with van der Waals surface area (Å²) in [4.78, 5) is 25.9. The standard InChI is InChI=1S/C23H27ClN2O3/c1-16(25-22(27)14-17-6-8-18(9-7-17)23(28)29)20-15-19(24)10-11-21(20)26-12-4-2-3-5-13-26/h6-11,15-16H,2-5,12-14H2,1H3,(H,25,27)(H,28,29). The van der Waals surface area contributed by atoms with Gasteiger partial charge in [0.15, 0.2) is 0 Å². The fraction of sp³-hybridized carbons (Fsp3) is 0.391. The van der Waals surface area contributed by atoms with Crippen molar-refractivity contribution < 1.29 is 14.7 Å². The van der Waals surface area contributed by atoms with Crippen LogP contribution in [0.25, 0.3) is 0 Å². The summed E-state index contributed by atoms with van der Waals surface area (Å²) in [6.45, 7) is 4.01. The van der Waals surface area contributed by atoms with E-state index >= 15 is 0 Å². The van der Waals surface area contributed by atoms with E-state index in [1.54, 1.807) is 12.1 Å². The molecule has 0 radical (unpaired) electrons. The highest BCUT2D eigenvalue weighted by atomic mass is 35.5. The van der Waals surface area contributed by atoms with Crippen LogP contribution in [0.15, 0.2) is 42.5 Å². The van der Waals surface area contributed by atoms with E-state index < -0.39 is 5.97 Å². The predicted molar refractivity (Wildman–Crippen MR) is 116 cm³/mol. The largest absolute Gasteiger partial charge is 0.478 e. The van der Waals surface area contributed by atoms with Gasteiger partial charge in [-0.3, -0.25) is 4.79 Å². The number of hydrogen-bond acceptors (Lipinski definition) is 3. The minimum Gasteiger partial charge on any atom is -0.478 e. The van der Waals surface area contributed by atoms with Gasteiger partial charge in [-0.25, -0.2) is 4.79 Å². The van der Waals surface area contributed by atoms with Crippen molar-refractivity contribution in [2.24, 2.45) is 0 Å². The number of benzene rings is 2.